The maximum atomic E-state index is 12.5. The van der Waals surface area contributed by atoms with Gasteiger partial charge in [-0.1, -0.05) is 12.1 Å². The lowest BCUT2D eigenvalue weighted by Crippen LogP contribution is -2.50. The zero-order valence-corrected chi connectivity index (χ0v) is 16.7. The zero-order valence-electron chi connectivity index (χ0n) is 14.2. The number of benzene rings is 1. The first kappa shape index (κ1) is 18.4. The van der Waals surface area contributed by atoms with Crippen LogP contribution >= 0.6 is 23.1 Å². The number of fused-ring (bicyclic) bond motifs is 1. The first-order valence-electron chi connectivity index (χ1n) is 8.31. The molecule has 2 aromatic heterocycles. The molecule has 1 amide bonds. The van der Waals surface area contributed by atoms with Gasteiger partial charge in [-0.05, 0) is 23.6 Å². The summed E-state index contributed by atoms with van der Waals surface area (Å²) >= 11 is 2.33. The first-order valence-corrected chi connectivity index (χ1v) is 11.4. The van der Waals surface area contributed by atoms with Crippen molar-refractivity contribution >= 4 is 55.7 Å². The minimum absolute atomic E-state index is 0.148. The number of aromatic nitrogens is 2. The van der Waals surface area contributed by atoms with Crippen LogP contribution in [0.3, 0.4) is 0 Å². The van der Waals surface area contributed by atoms with Crippen molar-refractivity contribution in [3.63, 3.8) is 0 Å². The van der Waals surface area contributed by atoms with Crippen LogP contribution in [0.25, 0.3) is 11.0 Å². The molecule has 0 spiro atoms. The number of sulfonamides is 1. The smallest absolute Gasteiger partial charge is 0.252 e. The maximum Gasteiger partial charge on any atom is 0.252 e. The van der Waals surface area contributed by atoms with E-state index in [4.69, 9.17) is 0 Å². The number of rotatable bonds is 5. The SMILES string of the molecule is O=C(CN1CCN(S(=O)(=O)c2cccs2)CC1)Nc1cccc2nsnc12. The number of hydrogen-bond acceptors (Lipinski definition) is 8. The molecule has 142 valence electrons. The molecule has 1 aliphatic heterocycles. The molecule has 1 N–H and O–H groups in total. The normalized spacial score (nSPS) is 16.6. The largest absolute Gasteiger partial charge is 0.323 e. The molecule has 0 radical (unpaired) electrons. The van der Waals surface area contributed by atoms with Crippen LogP contribution < -0.4 is 5.32 Å². The van der Waals surface area contributed by atoms with Crippen LogP contribution in [-0.2, 0) is 14.8 Å². The van der Waals surface area contributed by atoms with Gasteiger partial charge >= 0.3 is 0 Å². The van der Waals surface area contributed by atoms with Gasteiger partial charge in [0.2, 0.25) is 5.91 Å². The summed E-state index contributed by atoms with van der Waals surface area (Å²) in [6.07, 6.45) is 0. The highest BCUT2D eigenvalue weighted by Crippen LogP contribution is 2.23. The fraction of sp³-hybridized carbons (Fsp3) is 0.312. The van der Waals surface area contributed by atoms with E-state index in [0.717, 1.165) is 17.2 Å². The van der Waals surface area contributed by atoms with Crippen LogP contribution in [-0.4, -0.2) is 65.0 Å². The Hall–Kier alpha value is -1.92. The Balaban J connectivity index is 1.34. The van der Waals surface area contributed by atoms with E-state index in [1.807, 2.05) is 17.0 Å². The molecule has 0 bridgehead atoms. The van der Waals surface area contributed by atoms with Crippen molar-refractivity contribution in [2.24, 2.45) is 0 Å². The highest BCUT2D eigenvalue weighted by molar-refractivity contribution is 7.91. The Labute approximate surface area is 164 Å². The summed E-state index contributed by atoms with van der Waals surface area (Å²) in [5, 5.41) is 4.63. The van der Waals surface area contributed by atoms with Crippen LogP contribution in [0, 0.1) is 0 Å². The number of piperazine rings is 1. The predicted octanol–water partition coefficient (Wildman–Crippen LogP) is 1.70. The van der Waals surface area contributed by atoms with E-state index in [0.29, 0.717) is 41.6 Å². The predicted molar refractivity (Wildman–Crippen MR) is 106 cm³/mol. The van der Waals surface area contributed by atoms with Gasteiger partial charge in [-0.15, -0.1) is 11.3 Å². The van der Waals surface area contributed by atoms with E-state index in [1.54, 1.807) is 23.6 Å². The third-order valence-electron chi connectivity index (χ3n) is 4.35. The Morgan fingerprint density at radius 2 is 1.93 bits per heavy atom. The van der Waals surface area contributed by atoms with Crippen LogP contribution in [0.1, 0.15) is 0 Å². The number of thiophene rings is 1. The number of nitrogens with zero attached hydrogens (tertiary/aromatic N) is 4. The highest BCUT2D eigenvalue weighted by atomic mass is 32.2. The van der Waals surface area contributed by atoms with Gasteiger partial charge in [0.1, 0.15) is 15.2 Å². The van der Waals surface area contributed by atoms with E-state index in [1.165, 1.54) is 15.6 Å². The molecule has 1 aliphatic rings. The molecule has 1 saturated heterocycles. The molecule has 3 heterocycles. The van der Waals surface area contributed by atoms with Gasteiger partial charge in [-0.2, -0.15) is 13.1 Å². The molecule has 0 saturated carbocycles. The Morgan fingerprint density at radius 1 is 1.11 bits per heavy atom. The van der Waals surface area contributed by atoms with Crippen molar-refractivity contribution in [3.8, 4) is 0 Å². The van der Waals surface area contributed by atoms with E-state index in [2.05, 4.69) is 14.1 Å². The molecular formula is C16H17N5O3S3. The van der Waals surface area contributed by atoms with E-state index >= 15 is 0 Å². The van der Waals surface area contributed by atoms with Crippen molar-refractivity contribution < 1.29 is 13.2 Å². The maximum absolute atomic E-state index is 12.5. The molecule has 0 aliphatic carbocycles. The van der Waals surface area contributed by atoms with Gasteiger partial charge in [0.05, 0.1) is 24.0 Å². The van der Waals surface area contributed by atoms with Crippen LogP contribution in [0.4, 0.5) is 5.69 Å². The van der Waals surface area contributed by atoms with Gasteiger partial charge < -0.3 is 5.32 Å². The van der Waals surface area contributed by atoms with Crippen molar-refractivity contribution in [2.75, 3.05) is 38.0 Å². The minimum atomic E-state index is -3.43. The number of hydrogen-bond donors (Lipinski definition) is 1. The van der Waals surface area contributed by atoms with Gasteiger partial charge in [0, 0.05) is 26.2 Å². The molecule has 1 aromatic carbocycles. The fourth-order valence-corrected chi connectivity index (χ4v) is 6.08. The Morgan fingerprint density at radius 3 is 2.67 bits per heavy atom. The van der Waals surface area contributed by atoms with Gasteiger partial charge in [0.15, 0.2) is 0 Å². The third-order valence-corrected chi connectivity index (χ3v) is 8.16. The number of anilines is 1. The summed E-state index contributed by atoms with van der Waals surface area (Å²) in [7, 11) is -3.43. The highest BCUT2D eigenvalue weighted by Gasteiger charge is 2.29. The average Bonchev–Trinajstić information content (AvgIpc) is 3.35. The Bertz CT molecular complexity index is 1040. The standard InChI is InChI=1S/C16H17N5O3S3/c22-14(17-12-3-1-4-13-16(12)19-26-18-13)11-20-6-8-21(9-7-20)27(23,24)15-5-2-10-25-15/h1-5,10H,6-9,11H2,(H,17,22). The molecule has 4 rings (SSSR count). The van der Waals surface area contributed by atoms with Crippen molar-refractivity contribution in [1.29, 1.82) is 0 Å². The molecule has 1 fully saturated rings. The quantitative estimate of drug-likeness (QED) is 0.671. The van der Waals surface area contributed by atoms with Crippen molar-refractivity contribution in [3.05, 3.63) is 35.7 Å². The second-order valence-electron chi connectivity index (χ2n) is 6.10. The number of carbonyl (C=O) groups excluding carboxylic acids is 1. The molecule has 0 atom stereocenters. The van der Waals surface area contributed by atoms with Gasteiger partial charge in [-0.25, -0.2) is 8.42 Å². The second kappa shape index (κ2) is 7.60. The molecule has 0 unspecified atom stereocenters. The van der Waals surface area contributed by atoms with E-state index in [9.17, 15) is 13.2 Å². The number of carbonyl (C=O) groups is 1. The van der Waals surface area contributed by atoms with Crippen LogP contribution in [0.2, 0.25) is 0 Å². The number of amides is 1. The van der Waals surface area contributed by atoms with Gasteiger partial charge in [0.25, 0.3) is 10.0 Å². The van der Waals surface area contributed by atoms with Crippen LogP contribution in [0.5, 0.6) is 0 Å². The molecule has 8 nitrogen and oxygen atoms in total. The molecular weight excluding hydrogens is 406 g/mol. The first-order chi connectivity index (χ1) is 13.0. The van der Waals surface area contributed by atoms with Crippen molar-refractivity contribution in [2.45, 2.75) is 4.21 Å². The monoisotopic (exact) mass is 423 g/mol. The summed E-state index contributed by atoms with van der Waals surface area (Å²) in [5.74, 6) is -0.148. The Kier molecular flexibility index (Phi) is 5.19. The average molecular weight is 424 g/mol. The van der Waals surface area contributed by atoms with E-state index in [-0.39, 0.29) is 12.5 Å². The molecule has 3 aromatic rings. The fourth-order valence-electron chi connectivity index (χ4n) is 2.97. The topological polar surface area (TPSA) is 95.5 Å². The van der Waals surface area contributed by atoms with E-state index < -0.39 is 10.0 Å². The summed E-state index contributed by atoms with van der Waals surface area (Å²) in [5.41, 5.74) is 2.08. The lowest BCUT2D eigenvalue weighted by Gasteiger charge is -2.33. The zero-order chi connectivity index (χ0) is 18.9. The second-order valence-corrected chi connectivity index (χ2v) is 9.74. The summed E-state index contributed by atoms with van der Waals surface area (Å²) in [6, 6.07) is 8.83. The third kappa shape index (κ3) is 3.87. The molecule has 27 heavy (non-hydrogen) atoms. The van der Waals surface area contributed by atoms with Crippen LogP contribution in [0.15, 0.2) is 39.9 Å². The summed E-state index contributed by atoms with van der Waals surface area (Å²) in [6.45, 7) is 1.99. The molecule has 11 heteroatoms. The number of nitrogens with one attached hydrogen (secondary N) is 1. The van der Waals surface area contributed by atoms with Gasteiger partial charge in [-0.3, -0.25) is 9.69 Å². The lowest BCUT2D eigenvalue weighted by molar-refractivity contribution is -0.117. The lowest BCUT2D eigenvalue weighted by atomic mass is 10.2. The summed E-state index contributed by atoms with van der Waals surface area (Å²) in [4.78, 5) is 14.3. The van der Waals surface area contributed by atoms with Crippen molar-refractivity contribution in [1.82, 2.24) is 18.0 Å². The minimum Gasteiger partial charge on any atom is -0.323 e. The summed E-state index contributed by atoms with van der Waals surface area (Å²) < 4.78 is 35.3.